The van der Waals surface area contributed by atoms with Crippen molar-refractivity contribution in [3.8, 4) is 17.5 Å². The first-order valence-electron chi connectivity index (χ1n) is 10.2. The van der Waals surface area contributed by atoms with E-state index in [1.54, 1.807) is 47.9 Å². The molecular weight excluding hydrogens is 426 g/mol. The Labute approximate surface area is 188 Å². The maximum Gasteiger partial charge on any atom is 0.266 e. The van der Waals surface area contributed by atoms with Gasteiger partial charge in [-0.25, -0.2) is 5.48 Å². The second-order valence-corrected chi connectivity index (χ2v) is 7.73. The fourth-order valence-corrected chi connectivity index (χ4v) is 4.00. The monoisotopic (exact) mass is 449 g/mol. The van der Waals surface area contributed by atoms with Gasteiger partial charge < -0.3 is 15.3 Å². The zero-order valence-corrected chi connectivity index (χ0v) is 17.4. The van der Waals surface area contributed by atoms with Gasteiger partial charge in [0.1, 0.15) is 11.8 Å². The van der Waals surface area contributed by atoms with Gasteiger partial charge in [-0.2, -0.15) is 0 Å². The summed E-state index contributed by atoms with van der Waals surface area (Å²) in [6, 6.07) is 17.3. The van der Waals surface area contributed by atoms with Gasteiger partial charge in [0.25, 0.3) is 5.91 Å². The molecule has 4 rings (SSSR count). The van der Waals surface area contributed by atoms with Crippen LogP contribution in [0.3, 0.4) is 0 Å². The highest BCUT2D eigenvalue weighted by molar-refractivity contribution is 5.87. The van der Waals surface area contributed by atoms with Crippen molar-refractivity contribution < 1.29 is 30.5 Å². The molecule has 0 aliphatic rings. The number of nitrogens with one attached hydrogen (secondary N) is 2. The normalized spacial score (nSPS) is 11.9. The van der Waals surface area contributed by atoms with Crippen LogP contribution in [-0.4, -0.2) is 36.2 Å². The molecule has 170 valence electrons. The molecule has 0 radical (unpaired) electrons. The predicted octanol–water partition coefficient (Wildman–Crippen LogP) is 3.44. The summed E-state index contributed by atoms with van der Waals surface area (Å²) in [5.74, 6) is -1.30. The Morgan fingerprint density at radius 1 is 0.909 bits per heavy atom. The third-order valence-electron chi connectivity index (χ3n) is 5.64. The molecule has 0 fully saturated rings. The lowest BCUT2D eigenvalue weighted by Crippen LogP contribution is -2.31. The summed E-state index contributed by atoms with van der Waals surface area (Å²) in [5, 5.41) is 51.2. The molecule has 7 N–H and O–H groups in total. The van der Waals surface area contributed by atoms with Crippen molar-refractivity contribution >= 4 is 22.4 Å². The number of hydroxylamine groups is 1. The van der Waals surface area contributed by atoms with Crippen LogP contribution in [0.4, 0.5) is 5.69 Å². The van der Waals surface area contributed by atoms with Gasteiger partial charge in [-0.05, 0) is 46.2 Å². The summed E-state index contributed by atoms with van der Waals surface area (Å²) in [4.78, 5) is 12.4. The van der Waals surface area contributed by atoms with Gasteiger partial charge >= 0.3 is 0 Å². The molecule has 0 saturated carbocycles. The fraction of sp³-hybridized carbons (Fsp3) is 0.125. The Bertz CT molecular complexity index is 1300. The molecule has 1 amide bonds. The average molecular weight is 449 g/mol. The number of rotatable bonds is 7. The number of nitrogens with zero attached hydrogens (tertiary/aromatic N) is 1. The molecule has 9 heteroatoms. The van der Waals surface area contributed by atoms with Crippen LogP contribution < -0.4 is 11.0 Å². The van der Waals surface area contributed by atoms with E-state index in [4.69, 9.17) is 5.21 Å². The highest BCUT2D eigenvalue weighted by atomic mass is 16.5. The standard InChI is InChI=1S/C24H23N3O6/c28-19-8-9-20-15(2-1-3-16(20)12-19)11-17-13-22(29)27(24(17)31)21(23(30)26-33)10-14-4-6-18(25-32)7-5-14/h1-9,12-13,21,25,28-29,31-33H,10-11H2,(H,26,30). The number of carbonyl (C=O) groups excluding carboxylic acids is 1. The second kappa shape index (κ2) is 9.11. The van der Waals surface area contributed by atoms with Crippen molar-refractivity contribution in [2.45, 2.75) is 18.9 Å². The van der Waals surface area contributed by atoms with E-state index in [0.29, 0.717) is 16.8 Å². The summed E-state index contributed by atoms with van der Waals surface area (Å²) in [6.07, 6.45) is 0.319. The SMILES string of the molecule is O=C(NO)C(Cc1ccc(NO)cc1)n1c(O)cc(Cc2cccc3cc(O)ccc23)c1O. The Morgan fingerprint density at radius 2 is 1.67 bits per heavy atom. The van der Waals surface area contributed by atoms with Gasteiger partial charge in [0, 0.05) is 24.5 Å². The second-order valence-electron chi connectivity index (χ2n) is 7.73. The summed E-state index contributed by atoms with van der Waals surface area (Å²) in [7, 11) is 0. The molecule has 9 nitrogen and oxygen atoms in total. The lowest BCUT2D eigenvalue weighted by Gasteiger charge is -2.19. The summed E-state index contributed by atoms with van der Waals surface area (Å²) in [6.45, 7) is 0. The van der Waals surface area contributed by atoms with Gasteiger partial charge in [0.15, 0.2) is 11.8 Å². The maximum atomic E-state index is 12.4. The van der Waals surface area contributed by atoms with Crippen molar-refractivity contribution in [2.75, 3.05) is 5.48 Å². The van der Waals surface area contributed by atoms with Crippen LogP contribution in [-0.2, 0) is 17.6 Å². The third-order valence-corrected chi connectivity index (χ3v) is 5.64. The van der Waals surface area contributed by atoms with E-state index in [1.807, 2.05) is 23.7 Å². The van der Waals surface area contributed by atoms with Crippen molar-refractivity contribution in [1.82, 2.24) is 10.0 Å². The summed E-state index contributed by atoms with van der Waals surface area (Å²) in [5.41, 5.74) is 5.98. The van der Waals surface area contributed by atoms with Crippen molar-refractivity contribution in [2.24, 2.45) is 0 Å². The third kappa shape index (κ3) is 4.40. The minimum Gasteiger partial charge on any atom is -0.508 e. The molecule has 1 unspecified atom stereocenters. The van der Waals surface area contributed by atoms with Crippen LogP contribution in [0.2, 0.25) is 0 Å². The van der Waals surface area contributed by atoms with Crippen LogP contribution in [0.5, 0.6) is 17.5 Å². The zero-order valence-electron chi connectivity index (χ0n) is 17.4. The Hall–Kier alpha value is -4.21. The highest BCUT2D eigenvalue weighted by Crippen LogP contribution is 2.36. The number of hydrogen-bond donors (Lipinski definition) is 7. The van der Waals surface area contributed by atoms with E-state index in [2.05, 4.69) is 0 Å². The molecule has 0 aliphatic heterocycles. The molecule has 0 spiro atoms. The lowest BCUT2D eigenvalue weighted by molar-refractivity contribution is -0.132. The van der Waals surface area contributed by atoms with Crippen molar-refractivity contribution in [1.29, 1.82) is 0 Å². The first-order chi connectivity index (χ1) is 15.9. The molecule has 0 aliphatic carbocycles. The van der Waals surface area contributed by atoms with E-state index in [1.165, 1.54) is 6.07 Å². The largest absolute Gasteiger partial charge is 0.508 e. The van der Waals surface area contributed by atoms with Crippen LogP contribution in [0.25, 0.3) is 10.8 Å². The minimum absolute atomic E-state index is 0.0564. The summed E-state index contributed by atoms with van der Waals surface area (Å²) >= 11 is 0. The topological polar surface area (TPSA) is 147 Å². The number of hydrogen-bond acceptors (Lipinski definition) is 7. The number of carbonyl (C=O) groups is 1. The molecule has 0 bridgehead atoms. The van der Waals surface area contributed by atoms with Gasteiger partial charge in [-0.1, -0.05) is 36.4 Å². The van der Waals surface area contributed by atoms with Gasteiger partial charge in [0.05, 0.1) is 5.69 Å². The lowest BCUT2D eigenvalue weighted by atomic mass is 9.99. The average Bonchev–Trinajstić information content (AvgIpc) is 3.09. The number of amides is 1. The smallest absolute Gasteiger partial charge is 0.266 e. The number of phenolic OH excluding ortho intramolecular Hbond substituents is 1. The fourth-order valence-electron chi connectivity index (χ4n) is 4.00. The number of aromatic nitrogens is 1. The number of aromatic hydroxyl groups is 3. The highest BCUT2D eigenvalue weighted by Gasteiger charge is 2.28. The van der Waals surface area contributed by atoms with Gasteiger partial charge in [-0.3, -0.25) is 25.3 Å². The number of anilines is 1. The maximum absolute atomic E-state index is 12.4. The molecule has 1 aromatic heterocycles. The molecule has 1 atom stereocenters. The quantitative estimate of drug-likeness (QED) is 0.169. The van der Waals surface area contributed by atoms with Crippen molar-refractivity contribution in [3.63, 3.8) is 0 Å². The van der Waals surface area contributed by atoms with E-state index in [9.17, 15) is 25.3 Å². The first-order valence-corrected chi connectivity index (χ1v) is 10.2. The van der Waals surface area contributed by atoms with Crippen LogP contribution in [0, 0.1) is 0 Å². The molecule has 1 heterocycles. The molecule has 33 heavy (non-hydrogen) atoms. The first kappa shape index (κ1) is 22.0. The summed E-state index contributed by atoms with van der Waals surface area (Å²) < 4.78 is 1.07. The van der Waals surface area contributed by atoms with Crippen LogP contribution >= 0.6 is 0 Å². The minimum atomic E-state index is -1.14. The van der Waals surface area contributed by atoms with Gasteiger partial charge in [-0.15, -0.1) is 0 Å². The Morgan fingerprint density at radius 3 is 2.36 bits per heavy atom. The molecule has 0 saturated heterocycles. The Kier molecular flexibility index (Phi) is 6.07. The zero-order chi connectivity index (χ0) is 23.5. The molecular formula is C24H23N3O6. The van der Waals surface area contributed by atoms with Gasteiger partial charge in [0.2, 0.25) is 0 Å². The number of phenols is 1. The van der Waals surface area contributed by atoms with E-state index in [0.717, 1.165) is 20.9 Å². The van der Waals surface area contributed by atoms with Crippen LogP contribution in [0.15, 0.2) is 66.7 Å². The molecule has 3 aromatic carbocycles. The Balaban J connectivity index is 1.69. The van der Waals surface area contributed by atoms with Crippen LogP contribution in [0.1, 0.15) is 22.7 Å². The van der Waals surface area contributed by atoms with E-state index >= 15 is 0 Å². The predicted molar refractivity (Wildman–Crippen MR) is 121 cm³/mol. The molecule has 4 aromatic rings. The van der Waals surface area contributed by atoms with Crippen molar-refractivity contribution in [3.05, 3.63) is 83.4 Å². The number of benzene rings is 3. The van der Waals surface area contributed by atoms with E-state index in [-0.39, 0.29) is 30.4 Å². The van der Waals surface area contributed by atoms with E-state index < -0.39 is 11.9 Å². The number of fused-ring (bicyclic) bond motifs is 1.